The van der Waals surface area contributed by atoms with Gasteiger partial charge < -0.3 is 16.8 Å². The molecule has 0 heterocycles. The number of thiocarbonyl (C=S) groups is 1. The second-order valence-electron chi connectivity index (χ2n) is 1.64. The molecule has 0 aromatic carbocycles. The van der Waals surface area contributed by atoms with E-state index in [1.54, 1.807) is 6.08 Å². The Kier molecular flexibility index (Phi) is 10.6. The van der Waals surface area contributed by atoms with E-state index in [2.05, 4.69) is 36.4 Å². The Balaban J connectivity index is 0. The van der Waals surface area contributed by atoms with Gasteiger partial charge in [0.2, 0.25) is 5.91 Å². The molecule has 4 nitrogen and oxygen atoms in total. The molecular weight excluding hydrogens is 174 g/mol. The van der Waals surface area contributed by atoms with Gasteiger partial charge in [0.25, 0.3) is 0 Å². The molecule has 5 heteroatoms. The highest BCUT2D eigenvalue weighted by molar-refractivity contribution is 7.80. The zero-order valence-electron chi connectivity index (χ0n) is 6.75. The zero-order valence-corrected chi connectivity index (χ0v) is 7.56. The summed E-state index contributed by atoms with van der Waals surface area (Å²) >= 11 is 4.48. The number of primary amides is 1. The van der Waals surface area contributed by atoms with Gasteiger partial charge in [0, 0.05) is 6.54 Å². The summed E-state index contributed by atoms with van der Waals surface area (Å²) in [6, 6.07) is 0. The number of nitrogens with one attached hydrogen (secondary N) is 1. The van der Waals surface area contributed by atoms with Crippen molar-refractivity contribution in [3.8, 4) is 0 Å². The van der Waals surface area contributed by atoms with Crippen molar-refractivity contribution in [3.05, 3.63) is 25.3 Å². The quantitative estimate of drug-likeness (QED) is 0.321. The van der Waals surface area contributed by atoms with Gasteiger partial charge in [0.15, 0.2) is 5.11 Å². The van der Waals surface area contributed by atoms with Crippen LogP contribution in [0.15, 0.2) is 25.3 Å². The van der Waals surface area contributed by atoms with Gasteiger partial charge >= 0.3 is 0 Å². The molecule has 5 N–H and O–H groups in total. The summed E-state index contributed by atoms with van der Waals surface area (Å²) in [6.45, 7) is 7.19. The molecule has 0 aliphatic carbocycles. The van der Waals surface area contributed by atoms with E-state index in [4.69, 9.17) is 5.73 Å². The maximum Gasteiger partial charge on any atom is 0.240 e. The first-order chi connectivity index (χ1) is 5.54. The smallest absolute Gasteiger partial charge is 0.240 e. The van der Waals surface area contributed by atoms with E-state index in [1.807, 2.05) is 0 Å². The van der Waals surface area contributed by atoms with E-state index < -0.39 is 5.91 Å². The number of rotatable bonds is 3. The van der Waals surface area contributed by atoms with Crippen LogP contribution in [0.5, 0.6) is 0 Å². The summed E-state index contributed by atoms with van der Waals surface area (Å²) in [5.41, 5.74) is 9.59. The Morgan fingerprint density at radius 3 is 2.00 bits per heavy atom. The number of hydrogen-bond donors (Lipinski definition) is 3. The molecule has 0 aromatic rings. The summed E-state index contributed by atoms with van der Waals surface area (Å²) in [5.74, 6) is -0.481. The Bertz CT molecular complexity index is 179. The molecule has 0 aliphatic rings. The number of carbonyl (C=O) groups excluding carboxylic acids is 1. The lowest BCUT2D eigenvalue weighted by Gasteiger charge is -1.94. The van der Waals surface area contributed by atoms with Crippen LogP contribution in [0, 0.1) is 0 Å². The van der Waals surface area contributed by atoms with Crippen molar-refractivity contribution in [2.24, 2.45) is 11.5 Å². The summed E-state index contributed by atoms with van der Waals surface area (Å²) in [4.78, 5) is 9.47. The Morgan fingerprint density at radius 1 is 1.50 bits per heavy atom. The van der Waals surface area contributed by atoms with Crippen LogP contribution in [-0.4, -0.2) is 17.6 Å². The summed E-state index contributed by atoms with van der Waals surface area (Å²) in [5, 5.41) is 3.01. The van der Waals surface area contributed by atoms with E-state index in [0.717, 1.165) is 6.08 Å². The van der Waals surface area contributed by atoms with Gasteiger partial charge in [-0.25, -0.2) is 0 Å². The van der Waals surface area contributed by atoms with Crippen LogP contribution < -0.4 is 16.8 Å². The first kappa shape index (κ1) is 13.2. The minimum atomic E-state index is -0.481. The van der Waals surface area contributed by atoms with Crippen molar-refractivity contribution in [1.82, 2.24) is 5.32 Å². The molecule has 0 bridgehead atoms. The standard InChI is InChI=1S/C4H8N2S.C3H5NO/c1-2-3-6-4(5)7;1-2-3(4)5/h2H,1,3H2,(H3,5,6,7);2H,1H2,(H2,4,5). The monoisotopic (exact) mass is 187 g/mol. The second-order valence-corrected chi connectivity index (χ2v) is 2.08. The lowest BCUT2D eigenvalue weighted by atomic mass is 10.6. The highest BCUT2D eigenvalue weighted by Crippen LogP contribution is 1.58. The minimum Gasteiger partial charge on any atom is -0.376 e. The average Bonchev–Trinajstić information content (AvgIpc) is 2.02. The molecule has 0 radical (unpaired) electrons. The SMILES string of the molecule is C=CC(N)=O.C=CCNC(N)=S. The second kappa shape index (κ2) is 9.64. The molecule has 0 rings (SSSR count). The van der Waals surface area contributed by atoms with E-state index in [9.17, 15) is 4.79 Å². The molecule has 0 aliphatic heterocycles. The van der Waals surface area contributed by atoms with Gasteiger partial charge in [-0.05, 0) is 18.3 Å². The molecule has 68 valence electrons. The first-order valence-electron chi connectivity index (χ1n) is 3.10. The van der Waals surface area contributed by atoms with E-state index in [-0.39, 0.29) is 0 Å². The molecular formula is C7H13N3OS. The van der Waals surface area contributed by atoms with Gasteiger partial charge in [0.05, 0.1) is 0 Å². The van der Waals surface area contributed by atoms with Crippen molar-refractivity contribution in [2.75, 3.05) is 6.54 Å². The number of nitrogens with two attached hydrogens (primary N) is 2. The zero-order chi connectivity index (χ0) is 9.98. The average molecular weight is 187 g/mol. The summed E-state index contributed by atoms with van der Waals surface area (Å²) in [7, 11) is 0. The Morgan fingerprint density at radius 2 is 1.92 bits per heavy atom. The highest BCUT2D eigenvalue weighted by Gasteiger charge is 1.76. The highest BCUT2D eigenvalue weighted by atomic mass is 32.1. The van der Waals surface area contributed by atoms with E-state index >= 15 is 0 Å². The maximum atomic E-state index is 9.47. The number of amides is 1. The van der Waals surface area contributed by atoms with Gasteiger partial charge in [-0.15, -0.1) is 6.58 Å². The molecule has 12 heavy (non-hydrogen) atoms. The van der Waals surface area contributed by atoms with Crippen molar-refractivity contribution < 1.29 is 4.79 Å². The molecule has 0 atom stereocenters. The predicted octanol–water partition coefficient (Wildman–Crippen LogP) is -0.337. The van der Waals surface area contributed by atoms with Crippen LogP contribution in [0.25, 0.3) is 0 Å². The fraction of sp³-hybridized carbons (Fsp3) is 0.143. The molecule has 0 saturated carbocycles. The van der Waals surface area contributed by atoms with Crippen LogP contribution in [-0.2, 0) is 4.79 Å². The van der Waals surface area contributed by atoms with Crippen molar-refractivity contribution in [1.29, 1.82) is 0 Å². The summed E-state index contributed by atoms with van der Waals surface area (Å²) < 4.78 is 0. The fourth-order valence-electron chi connectivity index (χ4n) is 0.173. The van der Waals surface area contributed by atoms with Gasteiger partial charge in [0.1, 0.15) is 0 Å². The van der Waals surface area contributed by atoms with Crippen molar-refractivity contribution in [3.63, 3.8) is 0 Å². The fourth-order valence-corrected chi connectivity index (χ4v) is 0.256. The predicted molar refractivity (Wildman–Crippen MR) is 54.4 cm³/mol. The molecule has 1 amide bonds. The van der Waals surface area contributed by atoms with Gasteiger partial charge in [-0.2, -0.15) is 0 Å². The molecule has 0 saturated heterocycles. The Labute approximate surface area is 77.3 Å². The van der Waals surface area contributed by atoms with Crippen LogP contribution in [0.2, 0.25) is 0 Å². The Hall–Kier alpha value is -1.36. The normalized spacial score (nSPS) is 7.00. The van der Waals surface area contributed by atoms with Gasteiger partial charge in [-0.1, -0.05) is 12.7 Å². The van der Waals surface area contributed by atoms with Crippen LogP contribution in [0.1, 0.15) is 0 Å². The largest absolute Gasteiger partial charge is 0.376 e. The third-order valence-corrected chi connectivity index (χ3v) is 0.766. The minimum absolute atomic E-state index is 0.319. The lowest BCUT2D eigenvalue weighted by molar-refractivity contribution is -0.113. The van der Waals surface area contributed by atoms with Crippen LogP contribution in [0.3, 0.4) is 0 Å². The molecule has 0 fully saturated rings. The number of carbonyl (C=O) groups is 1. The van der Waals surface area contributed by atoms with Crippen molar-refractivity contribution >= 4 is 23.2 Å². The number of hydrogen-bond acceptors (Lipinski definition) is 2. The van der Waals surface area contributed by atoms with Crippen LogP contribution >= 0.6 is 12.2 Å². The molecule has 0 spiro atoms. The first-order valence-corrected chi connectivity index (χ1v) is 3.51. The topological polar surface area (TPSA) is 81.1 Å². The third kappa shape index (κ3) is 23.4. The molecule has 0 aromatic heterocycles. The third-order valence-electron chi connectivity index (χ3n) is 0.622. The summed E-state index contributed by atoms with van der Waals surface area (Å²) in [6.07, 6.45) is 2.75. The van der Waals surface area contributed by atoms with Crippen LogP contribution in [0.4, 0.5) is 0 Å². The van der Waals surface area contributed by atoms with E-state index in [0.29, 0.717) is 11.7 Å². The van der Waals surface area contributed by atoms with E-state index in [1.165, 1.54) is 0 Å². The lowest BCUT2D eigenvalue weighted by Crippen LogP contribution is -2.28. The maximum absolute atomic E-state index is 9.47. The van der Waals surface area contributed by atoms with Crippen molar-refractivity contribution in [2.45, 2.75) is 0 Å². The molecule has 0 unspecified atom stereocenters. The van der Waals surface area contributed by atoms with Gasteiger partial charge in [-0.3, -0.25) is 4.79 Å².